The van der Waals surface area contributed by atoms with Crippen molar-refractivity contribution in [2.75, 3.05) is 5.73 Å². The molecule has 2 heterocycles. The Hall–Kier alpha value is -2.60. The van der Waals surface area contributed by atoms with Crippen molar-refractivity contribution in [3.8, 4) is 11.3 Å². The van der Waals surface area contributed by atoms with Crippen molar-refractivity contribution in [1.82, 2.24) is 10.3 Å². The van der Waals surface area contributed by atoms with E-state index in [-0.39, 0.29) is 5.91 Å². The van der Waals surface area contributed by atoms with E-state index >= 15 is 0 Å². The Morgan fingerprint density at radius 1 is 1.04 bits per heavy atom. The number of hydrogen-bond acceptors (Lipinski definition) is 4. The molecule has 7 heteroatoms. The molecule has 1 amide bonds. The number of halogens is 2. The van der Waals surface area contributed by atoms with Crippen LogP contribution in [0.25, 0.3) is 21.5 Å². The molecule has 2 aromatic carbocycles. The molecule has 140 valence electrons. The first-order valence-corrected chi connectivity index (χ1v) is 10.1. The molecule has 28 heavy (non-hydrogen) atoms. The number of nitrogen functional groups attached to an aromatic ring is 1. The molecule has 3 N–H and O–H groups in total. The van der Waals surface area contributed by atoms with Gasteiger partial charge in [-0.3, -0.25) is 4.79 Å². The van der Waals surface area contributed by atoms with Gasteiger partial charge < -0.3 is 11.1 Å². The molecule has 0 saturated heterocycles. The zero-order chi connectivity index (χ0) is 19.7. The topological polar surface area (TPSA) is 68.0 Å². The Balaban J connectivity index is 1.60. The maximum atomic E-state index is 12.6. The molecule has 0 aliphatic carbocycles. The zero-order valence-electron chi connectivity index (χ0n) is 14.6. The number of carbonyl (C=O) groups is 1. The molecule has 0 bridgehead atoms. The lowest BCUT2D eigenvalue weighted by Crippen LogP contribution is -2.22. The number of amides is 1. The van der Waals surface area contributed by atoms with Crippen molar-refractivity contribution >= 4 is 56.3 Å². The standard InChI is InChI=1S/C21H15Cl2N3OS/c22-14-7-5-12(6-8-14)17-10-9-15-18(24)19(28-21(15)26-17)20(27)25-11-13-3-1-2-4-16(13)23/h1-10H,11,24H2,(H,25,27). The minimum absolute atomic E-state index is 0.242. The van der Waals surface area contributed by atoms with E-state index in [0.717, 1.165) is 22.2 Å². The summed E-state index contributed by atoms with van der Waals surface area (Å²) in [5, 5.41) is 4.93. The summed E-state index contributed by atoms with van der Waals surface area (Å²) in [4.78, 5) is 18.5. The molecule has 0 atom stereocenters. The smallest absolute Gasteiger partial charge is 0.263 e. The van der Waals surface area contributed by atoms with Gasteiger partial charge in [-0.2, -0.15) is 0 Å². The first-order chi connectivity index (χ1) is 13.5. The number of carbonyl (C=O) groups excluding carboxylic acids is 1. The number of hydrogen-bond donors (Lipinski definition) is 2. The average Bonchev–Trinajstić information content (AvgIpc) is 3.04. The van der Waals surface area contributed by atoms with E-state index in [1.807, 2.05) is 54.6 Å². The van der Waals surface area contributed by atoms with Crippen LogP contribution in [-0.2, 0) is 6.54 Å². The predicted octanol–water partition coefficient (Wildman–Crippen LogP) is 5.78. The highest BCUT2D eigenvalue weighted by atomic mass is 35.5. The van der Waals surface area contributed by atoms with Gasteiger partial charge in [-0.05, 0) is 35.9 Å². The van der Waals surface area contributed by atoms with Crippen LogP contribution in [0.15, 0.2) is 60.7 Å². The van der Waals surface area contributed by atoms with Crippen LogP contribution in [-0.4, -0.2) is 10.9 Å². The van der Waals surface area contributed by atoms with Gasteiger partial charge >= 0.3 is 0 Å². The number of pyridine rings is 1. The van der Waals surface area contributed by atoms with Crippen LogP contribution in [0.1, 0.15) is 15.2 Å². The molecule has 0 fully saturated rings. The van der Waals surface area contributed by atoms with E-state index in [1.165, 1.54) is 11.3 Å². The second-order valence-corrected chi connectivity index (χ2v) is 8.02. The summed E-state index contributed by atoms with van der Waals surface area (Å²) in [7, 11) is 0. The van der Waals surface area contributed by atoms with E-state index in [0.29, 0.717) is 32.0 Å². The minimum atomic E-state index is -0.242. The molecule has 0 saturated carbocycles. The third-order valence-corrected chi connectivity index (χ3v) is 6.07. The number of nitrogens with two attached hydrogens (primary N) is 1. The normalized spacial score (nSPS) is 10.9. The zero-order valence-corrected chi connectivity index (χ0v) is 16.9. The number of thiophene rings is 1. The van der Waals surface area contributed by atoms with Crippen LogP contribution in [0.5, 0.6) is 0 Å². The Labute approximate surface area is 175 Å². The lowest BCUT2D eigenvalue weighted by Gasteiger charge is -2.06. The van der Waals surface area contributed by atoms with Crippen LogP contribution in [0.3, 0.4) is 0 Å². The van der Waals surface area contributed by atoms with Crippen LogP contribution < -0.4 is 11.1 Å². The van der Waals surface area contributed by atoms with Gasteiger partial charge in [0.25, 0.3) is 5.91 Å². The fourth-order valence-electron chi connectivity index (χ4n) is 2.84. The van der Waals surface area contributed by atoms with Crippen molar-refractivity contribution in [2.24, 2.45) is 0 Å². The maximum Gasteiger partial charge on any atom is 0.263 e. The third kappa shape index (κ3) is 3.69. The molecule has 0 aliphatic rings. The van der Waals surface area contributed by atoms with Gasteiger partial charge in [0.1, 0.15) is 9.71 Å². The lowest BCUT2D eigenvalue weighted by molar-refractivity contribution is 0.0956. The molecule has 0 aliphatic heterocycles. The molecule has 0 radical (unpaired) electrons. The molecule has 2 aromatic heterocycles. The number of rotatable bonds is 4. The Bertz CT molecular complexity index is 1170. The van der Waals surface area contributed by atoms with Crippen molar-refractivity contribution in [3.63, 3.8) is 0 Å². The molecular formula is C21H15Cl2N3OS. The first kappa shape index (κ1) is 18.7. The third-order valence-electron chi connectivity index (χ3n) is 4.34. The van der Waals surface area contributed by atoms with E-state index in [4.69, 9.17) is 28.9 Å². The van der Waals surface area contributed by atoms with Gasteiger partial charge in [-0.15, -0.1) is 11.3 Å². The molecule has 4 nitrogen and oxygen atoms in total. The maximum absolute atomic E-state index is 12.6. The van der Waals surface area contributed by atoms with Gasteiger partial charge in [0.15, 0.2) is 0 Å². The van der Waals surface area contributed by atoms with Crippen LogP contribution in [0, 0.1) is 0 Å². The van der Waals surface area contributed by atoms with Crippen LogP contribution in [0.2, 0.25) is 10.0 Å². The highest BCUT2D eigenvalue weighted by Gasteiger charge is 2.18. The molecular weight excluding hydrogens is 413 g/mol. The second-order valence-electron chi connectivity index (χ2n) is 6.18. The number of nitrogens with one attached hydrogen (secondary N) is 1. The predicted molar refractivity (Wildman–Crippen MR) is 117 cm³/mol. The highest BCUT2D eigenvalue weighted by molar-refractivity contribution is 7.21. The fourth-order valence-corrected chi connectivity index (χ4v) is 4.18. The number of aromatic nitrogens is 1. The Morgan fingerprint density at radius 3 is 2.54 bits per heavy atom. The number of anilines is 1. The van der Waals surface area contributed by atoms with Gasteiger partial charge in [-0.1, -0.05) is 53.5 Å². The van der Waals surface area contributed by atoms with Gasteiger partial charge in [0.05, 0.1) is 11.4 Å². The molecule has 0 spiro atoms. The summed E-state index contributed by atoms with van der Waals surface area (Å²) in [6.45, 7) is 0.329. The molecule has 4 rings (SSSR count). The number of fused-ring (bicyclic) bond motifs is 1. The average molecular weight is 428 g/mol. The van der Waals surface area contributed by atoms with Crippen molar-refractivity contribution in [1.29, 1.82) is 0 Å². The van der Waals surface area contributed by atoms with Crippen LogP contribution >= 0.6 is 34.5 Å². The SMILES string of the molecule is Nc1c(C(=O)NCc2ccccc2Cl)sc2nc(-c3ccc(Cl)cc3)ccc12. The van der Waals surface area contributed by atoms with Crippen molar-refractivity contribution in [3.05, 3.63) is 81.1 Å². The van der Waals surface area contributed by atoms with Gasteiger partial charge in [0, 0.05) is 27.5 Å². The quantitative estimate of drug-likeness (QED) is 0.433. The first-order valence-electron chi connectivity index (χ1n) is 8.49. The summed E-state index contributed by atoms with van der Waals surface area (Å²) in [6.07, 6.45) is 0. The number of nitrogens with zero attached hydrogens (tertiary/aromatic N) is 1. The Kier molecular flexibility index (Phi) is 5.22. The van der Waals surface area contributed by atoms with Gasteiger partial charge in [-0.25, -0.2) is 4.98 Å². The summed E-state index contributed by atoms with van der Waals surface area (Å²) in [5.41, 5.74) is 9.24. The largest absolute Gasteiger partial charge is 0.397 e. The summed E-state index contributed by atoms with van der Waals surface area (Å²) in [5.74, 6) is -0.242. The van der Waals surface area contributed by atoms with Crippen molar-refractivity contribution < 1.29 is 4.79 Å². The summed E-state index contributed by atoms with van der Waals surface area (Å²) in [6, 6.07) is 18.6. The van der Waals surface area contributed by atoms with Crippen LogP contribution in [0.4, 0.5) is 5.69 Å². The fraction of sp³-hybridized carbons (Fsp3) is 0.0476. The lowest BCUT2D eigenvalue weighted by atomic mass is 10.1. The Morgan fingerprint density at radius 2 is 1.79 bits per heavy atom. The minimum Gasteiger partial charge on any atom is -0.397 e. The molecule has 4 aromatic rings. The monoisotopic (exact) mass is 427 g/mol. The van der Waals surface area contributed by atoms with E-state index in [2.05, 4.69) is 10.3 Å². The van der Waals surface area contributed by atoms with E-state index < -0.39 is 0 Å². The number of benzene rings is 2. The van der Waals surface area contributed by atoms with E-state index in [1.54, 1.807) is 6.07 Å². The summed E-state index contributed by atoms with van der Waals surface area (Å²) >= 11 is 13.4. The second kappa shape index (κ2) is 7.80. The molecule has 0 unspecified atom stereocenters. The van der Waals surface area contributed by atoms with Crippen molar-refractivity contribution in [2.45, 2.75) is 6.54 Å². The highest BCUT2D eigenvalue weighted by Crippen LogP contribution is 2.34. The van der Waals surface area contributed by atoms with Gasteiger partial charge in [0.2, 0.25) is 0 Å². The van der Waals surface area contributed by atoms with E-state index in [9.17, 15) is 4.79 Å². The summed E-state index contributed by atoms with van der Waals surface area (Å²) < 4.78 is 0.